The summed E-state index contributed by atoms with van der Waals surface area (Å²) in [6, 6.07) is 21.6. The molecule has 36 heavy (non-hydrogen) atoms. The maximum atomic E-state index is 13.7. The number of benzene rings is 3. The zero-order valence-electron chi connectivity index (χ0n) is 20.5. The number of hydrogen-bond donors (Lipinski definition) is 1. The van der Waals surface area contributed by atoms with Crippen LogP contribution in [0, 0.1) is 6.92 Å². The number of halogens is 1. The summed E-state index contributed by atoms with van der Waals surface area (Å²) in [6.07, 6.45) is 0.505. The van der Waals surface area contributed by atoms with E-state index in [0.29, 0.717) is 6.42 Å². The van der Waals surface area contributed by atoms with Gasteiger partial charge in [0.25, 0.3) is 10.0 Å². The number of nitrogens with zero attached hydrogens (tertiary/aromatic N) is 2. The number of likely N-dealkylation sites (N-methyl/N-ethyl adjacent to an activating group) is 1. The molecule has 0 heterocycles. The van der Waals surface area contributed by atoms with Crippen molar-refractivity contribution in [2.24, 2.45) is 0 Å². The van der Waals surface area contributed by atoms with E-state index in [1.54, 1.807) is 43.3 Å². The molecule has 3 aromatic carbocycles. The van der Waals surface area contributed by atoms with Crippen molar-refractivity contribution in [2.75, 3.05) is 24.4 Å². The summed E-state index contributed by atoms with van der Waals surface area (Å²) >= 11 is 6.38. The summed E-state index contributed by atoms with van der Waals surface area (Å²) in [5, 5.41) is 2.76. The van der Waals surface area contributed by atoms with Crippen molar-refractivity contribution in [3.63, 3.8) is 0 Å². The Morgan fingerprint density at radius 2 is 1.56 bits per heavy atom. The highest BCUT2D eigenvalue weighted by Crippen LogP contribution is 2.30. The molecule has 0 spiro atoms. The van der Waals surface area contributed by atoms with Gasteiger partial charge in [0.05, 0.1) is 15.6 Å². The third-order valence-electron chi connectivity index (χ3n) is 5.91. The molecule has 1 atom stereocenters. The Labute approximate surface area is 217 Å². The highest BCUT2D eigenvalue weighted by atomic mass is 35.5. The maximum Gasteiger partial charge on any atom is 0.264 e. The molecule has 3 aromatic rings. The molecule has 0 aromatic heterocycles. The smallest absolute Gasteiger partial charge is 0.264 e. The normalized spacial score (nSPS) is 12.0. The van der Waals surface area contributed by atoms with E-state index in [1.807, 2.05) is 37.3 Å². The van der Waals surface area contributed by atoms with Crippen LogP contribution >= 0.6 is 11.6 Å². The van der Waals surface area contributed by atoms with Gasteiger partial charge in [0.2, 0.25) is 11.8 Å². The number of nitrogens with one attached hydrogen (secondary N) is 1. The zero-order chi connectivity index (χ0) is 26.3. The van der Waals surface area contributed by atoms with Gasteiger partial charge in [-0.2, -0.15) is 0 Å². The Morgan fingerprint density at radius 3 is 2.17 bits per heavy atom. The van der Waals surface area contributed by atoms with Crippen LogP contribution in [-0.4, -0.2) is 51.3 Å². The number of anilines is 1. The SMILES string of the molecule is CNC(=O)[C@H](C)N(CCc1ccccc1)C(=O)CN(c1ccccc1Cl)S(=O)(=O)c1ccc(C)cc1. The van der Waals surface area contributed by atoms with Gasteiger partial charge in [0.1, 0.15) is 12.6 Å². The fourth-order valence-corrected chi connectivity index (χ4v) is 5.50. The highest BCUT2D eigenvalue weighted by Gasteiger charge is 2.32. The van der Waals surface area contributed by atoms with Crippen LogP contribution < -0.4 is 9.62 Å². The molecule has 0 unspecified atom stereocenters. The maximum absolute atomic E-state index is 13.7. The third kappa shape index (κ3) is 6.44. The van der Waals surface area contributed by atoms with Crippen molar-refractivity contribution in [1.29, 1.82) is 0 Å². The minimum Gasteiger partial charge on any atom is -0.357 e. The van der Waals surface area contributed by atoms with Gasteiger partial charge < -0.3 is 10.2 Å². The monoisotopic (exact) mass is 527 g/mol. The third-order valence-corrected chi connectivity index (χ3v) is 8.00. The van der Waals surface area contributed by atoms with E-state index in [0.717, 1.165) is 15.4 Å². The fourth-order valence-electron chi connectivity index (χ4n) is 3.78. The minimum atomic E-state index is -4.14. The first-order valence-corrected chi connectivity index (χ1v) is 13.4. The molecule has 0 aliphatic rings. The lowest BCUT2D eigenvalue weighted by Gasteiger charge is -2.32. The molecule has 7 nitrogen and oxygen atoms in total. The topological polar surface area (TPSA) is 86.8 Å². The molecule has 0 radical (unpaired) electrons. The largest absolute Gasteiger partial charge is 0.357 e. The first-order valence-electron chi connectivity index (χ1n) is 11.5. The summed E-state index contributed by atoms with van der Waals surface area (Å²) in [5.41, 5.74) is 2.08. The summed E-state index contributed by atoms with van der Waals surface area (Å²) < 4.78 is 28.4. The Kier molecular flexibility index (Phi) is 9.12. The van der Waals surface area contributed by atoms with Crippen molar-refractivity contribution in [1.82, 2.24) is 10.2 Å². The van der Waals surface area contributed by atoms with E-state index in [9.17, 15) is 18.0 Å². The number of aryl methyl sites for hydroxylation is 1. The number of hydrogen-bond acceptors (Lipinski definition) is 4. The Morgan fingerprint density at radius 1 is 0.944 bits per heavy atom. The van der Waals surface area contributed by atoms with Crippen LogP contribution in [0.5, 0.6) is 0 Å². The van der Waals surface area contributed by atoms with Gasteiger partial charge in [-0.3, -0.25) is 13.9 Å². The predicted octanol–water partition coefficient (Wildman–Crippen LogP) is 4.05. The van der Waals surface area contributed by atoms with E-state index in [-0.39, 0.29) is 28.1 Å². The number of carbonyl (C=O) groups excluding carboxylic acids is 2. The molecule has 0 saturated heterocycles. The van der Waals surface area contributed by atoms with Crippen molar-refractivity contribution < 1.29 is 18.0 Å². The number of rotatable bonds is 10. The average molecular weight is 528 g/mol. The standard InChI is InChI=1S/C27H30ClN3O4S/c1-20-13-15-23(16-14-20)36(34,35)31(25-12-8-7-11-24(25)28)19-26(32)30(21(2)27(33)29-3)18-17-22-9-5-4-6-10-22/h4-16,21H,17-19H2,1-3H3,(H,29,33)/t21-/m0/s1. The van der Waals surface area contributed by atoms with E-state index < -0.39 is 28.5 Å². The van der Waals surface area contributed by atoms with E-state index >= 15 is 0 Å². The second-order valence-electron chi connectivity index (χ2n) is 8.39. The van der Waals surface area contributed by atoms with Crippen LogP contribution in [0.4, 0.5) is 5.69 Å². The molecular weight excluding hydrogens is 498 g/mol. The zero-order valence-corrected chi connectivity index (χ0v) is 22.1. The quantitative estimate of drug-likeness (QED) is 0.431. The average Bonchev–Trinajstić information content (AvgIpc) is 2.88. The molecule has 0 fully saturated rings. The summed E-state index contributed by atoms with van der Waals surface area (Å²) in [7, 11) is -2.64. The summed E-state index contributed by atoms with van der Waals surface area (Å²) in [6.45, 7) is 3.20. The van der Waals surface area contributed by atoms with Gasteiger partial charge >= 0.3 is 0 Å². The van der Waals surface area contributed by atoms with Gasteiger partial charge in [-0.15, -0.1) is 0 Å². The molecule has 190 valence electrons. The van der Waals surface area contributed by atoms with Crippen LogP contribution in [-0.2, 0) is 26.0 Å². The van der Waals surface area contributed by atoms with Crippen LogP contribution in [0.1, 0.15) is 18.1 Å². The highest BCUT2D eigenvalue weighted by molar-refractivity contribution is 7.92. The Hall–Kier alpha value is -3.36. The van der Waals surface area contributed by atoms with E-state index in [2.05, 4.69) is 5.32 Å². The van der Waals surface area contributed by atoms with Gasteiger partial charge in [-0.25, -0.2) is 8.42 Å². The number of carbonyl (C=O) groups is 2. The lowest BCUT2D eigenvalue weighted by atomic mass is 10.1. The second kappa shape index (κ2) is 12.1. The molecular formula is C27H30ClN3O4S. The Bertz CT molecular complexity index is 1300. The molecule has 0 aliphatic heterocycles. The van der Waals surface area contributed by atoms with Gasteiger partial charge in [-0.05, 0) is 50.1 Å². The number of amides is 2. The molecule has 3 rings (SSSR count). The lowest BCUT2D eigenvalue weighted by molar-refractivity contribution is -0.138. The van der Waals surface area contributed by atoms with Crippen molar-refractivity contribution in [3.05, 3.63) is 95.0 Å². The van der Waals surface area contributed by atoms with Crippen LogP contribution in [0.2, 0.25) is 5.02 Å². The summed E-state index contributed by atoms with van der Waals surface area (Å²) in [4.78, 5) is 27.6. The molecule has 1 N–H and O–H groups in total. The lowest BCUT2D eigenvalue weighted by Crippen LogP contribution is -2.51. The Balaban J connectivity index is 1.98. The van der Waals surface area contributed by atoms with Crippen LogP contribution in [0.25, 0.3) is 0 Å². The first kappa shape index (κ1) is 27.2. The number of sulfonamides is 1. The van der Waals surface area contributed by atoms with Crippen LogP contribution in [0.3, 0.4) is 0 Å². The van der Waals surface area contributed by atoms with Crippen molar-refractivity contribution in [2.45, 2.75) is 31.2 Å². The second-order valence-corrected chi connectivity index (χ2v) is 10.7. The molecule has 2 amide bonds. The van der Waals surface area contributed by atoms with E-state index in [4.69, 9.17) is 11.6 Å². The minimum absolute atomic E-state index is 0.0380. The molecule has 0 saturated carbocycles. The van der Waals surface area contributed by atoms with E-state index in [1.165, 1.54) is 24.1 Å². The summed E-state index contributed by atoms with van der Waals surface area (Å²) in [5.74, 6) is -0.861. The number of para-hydroxylation sites is 1. The molecule has 9 heteroatoms. The van der Waals surface area contributed by atoms with Gasteiger partial charge in [0.15, 0.2) is 0 Å². The van der Waals surface area contributed by atoms with Crippen LogP contribution in [0.15, 0.2) is 83.8 Å². The van der Waals surface area contributed by atoms with Gasteiger partial charge in [0, 0.05) is 13.6 Å². The van der Waals surface area contributed by atoms with Gasteiger partial charge in [-0.1, -0.05) is 71.8 Å². The molecule has 0 aliphatic carbocycles. The van der Waals surface area contributed by atoms with Crippen molar-refractivity contribution in [3.8, 4) is 0 Å². The fraction of sp³-hybridized carbons (Fsp3) is 0.259. The van der Waals surface area contributed by atoms with Crippen molar-refractivity contribution >= 4 is 39.1 Å². The first-order chi connectivity index (χ1) is 17.1. The molecule has 0 bridgehead atoms. The predicted molar refractivity (Wildman–Crippen MR) is 143 cm³/mol.